The average molecular weight is 224 g/mol. The van der Waals surface area contributed by atoms with Gasteiger partial charge >= 0.3 is 5.97 Å². The van der Waals surface area contributed by atoms with Crippen LogP contribution in [0.3, 0.4) is 0 Å². The summed E-state index contributed by atoms with van der Waals surface area (Å²) in [5, 5.41) is 10.9. The molecule has 0 saturated carbocycles. The summed E-state index contributed by atoms with van der Waals surface area (Å²) in [6, 6.07) is 1.98. The minimum atomic E-state index is -0.390. The summed E-state index contributed by atoms with van der Waals surface area (Å²) in [4.78, 5) is 15.3. The Kier molecular flexibility index (Phi) is 3.43. The molecular weight excluding hydrogens is 212 g/mol. The average Bonchev–Trinajstić information content (AvgIpc) is 2.65. The highest BCUT2D eigenvalue weighted by atomic mass is 32.1. The first-order valence-electron chi connectivity index (χ1n) is 4.42. The van der Waals surface area contributed by atoms with Crippen LogP contribution in [0.4, 0.5) is 0 Å². The maximum Gasteiger partial charge on any atom is 0.306 e. The van der Waals surface area contributed by atoms with Gasteiger partial charge in [-0.05, 0) is 0 Å². The predicted molar refractivity (Wildman–Crippen MR) is 56.5 cm³/mol. The maximum absolute atomic E-state index is 11.2. The molecule has 0 N–H and O–H groups in total. The maximum atomic E-state index is 11.2. The van der Waals surface area contributed by atoms with Crippen molar-refractivity contribution in [2.45, 2.75) is 25.7 Å². The van der Waals surface area contributed by atoms with Crippen LogP contribution in [0.25, 0.3) is 0 Å². The van der Waals surface area contributed by atoms with Gasteiger partial charge < -0.3 is 4.74 Å². The SMILES string of the molecule is COC(=O)CC(C)(C)c1csc(C#N)n1. The molecule has 1 aromatic heterocycles. The lowest BCUT2D eigenvalue weighted by molar-refractivity contribution is -0.141. The van der Waals surface area contributed by atoms with Gasteiger partial charge in [0.15, 0.2) is 5.01 Å². The lowest BCUT2D eigenvalue weighted by Crippen LogP contribution is -2.23. The zero-order valence-electron chi connectivity index (χ0n) is 8.90. The van der Waals surface area contributed by atoms with Gasteiger partial charge in [0.25, 0.3) is 0 Å². The van der Waals surface area contributed by atoms with E-state index in [0.717, 1.165) is 5.69 Å². The molecule has 1 heterocycles. The van der Waals surface area contributed by atoms with Gasteiger partial charge in [-0.3, -0.25) is 4.79 Å². The summed E-state index contributed by atoms with van der Waals surface area (Å²) >= 11 is 1.29. The van der Waals surface area contributed by atoms with E-state index in [1.807, 2.05) is 25.3 Å². The number of carbonyl (C=O) groups excluding carboxylic acids is 1. The van der Waals surface area contributed by atoms with Crippen LogP contribution in [0.2, 0.25) is 0 Å². The minimum absolute atomic E-state index is 0.262. The molecule has 0 radical (unpaired) electrons. The number of rotatable bonds is 3. The molecule has 0 unspecified atom stereocenters. The smallest absolute Gasteiger partial charge is 0.306 e. The largest absolute Gasteiger partial charge is 0.469 e. The van der Waals surface area contributed by atoms with E-state index >= 15 is 0 Å². The molecule has 0 amide bonds. The van der Waals surface area contributed by atoms with Gasteiger partial charge in [0, 0.05) is 10.8 Å². The topological polar surface area (TPSA) is 63.0 Å². The summed E-state index contributed by atoms with van der Waals surface area (Å²) in [6.45, 7) is 3.81. The fourth-order valence-corrected chi connectivity index (χ4v) is 1.96. The van der Waals surface area contributed by atoms with Crippen molar-refractivity contribution < 1.29 is 9.53 Å². The van der Waals surface area contributed by atoms with E-state index in [2.05, 4.69) is 9.72 Å². The van der Waals surface area contributed by atoms with Gasteiger partial charge in [0.05, 0.1) is 19.2 Å². The van der Waals surface area contributed by atoms with Crippen LogP contribution in [0.5, 0.6) is 0 Å². The summed E-state index contributed by atoms with van der Waals surface area (Å²) < 4.78 is 4.61. The van der Waals surface area contributed by atoms with Crippen LogP contribution in [0.15, 0.2) is 5.38 Å². The number of hydrogen-bond donors (Lipinski definition) is 0. The highest BCUT2D eigenvalue weighted by molar-refractivity contribution is 7.10. The van der Waals surface area contributed by atoms with Crippen LogP contribution in [0, 0.1) is 11.3 Å². The van der Waals surface area contributed by atoms with Gasteiger partial charge in [-0.15, -0.1) is 11.3 Å². The number of methoxy groups -OCH3 is 1. The number of aromatic nitrogens is 1. The third-order valence-electron chi connectivity index (χ3n) is 2.11. The molecule has 0 aromatic carbocycles. The lowest BCUT2D eigenvalue weighted by Gasteiger charge is -2.20. The molecule has 0 spiro atoms. The molecule has 1 aromatic rings. The molecule has 1 rings (SSSR count). The molecule has 0 aliphatic carbocycles. The van der Waals surface area contributed by atoms with Crippen molar-refractivity contribution in [3.8, 4) is 6.07 Å². The van der Waals surface area contributed by atoms with Crippen LogP contribution in [-0.2, 0) is 14.9 Å². The van der Waals surface area contributed by atoms with Crippen molar-refractivity contribution >= 4 is 17.3 Å². The number of hydrogen-bond acceptors (Lipinski definition) is 5. The summed E-state index contributed by atoms with van der Waals surface area (Å²) in [7, 11) is 1.36. The Morgan fingerprint density at radius 3 is 2.87 bits per heavy atom. The van der Waals surface area contributed by atoms with Gasteiger partial charge in [-0.1, -0.05) is 13.8 Å². The molecule has 0 fully saturated rings. The molecule has 0 aliphatic heterocycles. The van der Waals surface area contributed by atoms with E-state index in [0.29, 0.717) is 5.01 Å². The van der Waals surface area contributed by atoms with E-state index in [9.17, 15) is 4.79 Å². The van der Waals surface area contributed by atoms with Crippen molar-refractivity contribution in [1.82, 2.24) is 4.98 Å². The third-order valence-corrected chi connectivity index (χ3v) is 2.85. The van der Waals surface area contributed by atoms with Crippen LogP contribution in [0.1, 0.15) is 31.0 Å². The van der Waals surface area contributed by atoms with Crippen molar-refractivity contribution in [3.05, 3.63) is 16.1 Å². The minimum Gasteiger partial charge on any atom is -0.469 e. The molecule has 0 atom stereocenters. The summed E-state index contributed by atoms with van der Waals surface area (Å²) in [5.74, 6) is -0.272. The third kappa shape index (κ3) is 2.77. The highest BCUT2D eigenvalue weighted by Gasteiger charge is 2.27. The van der Waals surface area contributed by atoms with E-state index in [1.165, 1.54) is 18.4 Å². The number of carbonyl (C=O) groups is 1. The van der Waals surface area contributed by atoms with Crippen molar-refractivity contribution in [3.63, 3.8) is 0 Å². The Morgan fingerprint density at radius 1 is 1.73 bits per heavy atom. The van der Waals surface area contributed by atoms with E-state index < -0.39 is 5.41 Å². The van der Waals surface area contributed by atoms with Crippen molar-refractivity contribution in [2.75, 3.05) is 7.11 Å². The zero-order valence-corrected chi connectivity index (χ0v) is 9.72. The second kappa shape index (κ2) is 4.41. The number of nitrogens with zero attached hydrogens (tertiary/aromatic N) is 2. The lowest BCUT2D eigenvalue weighted by atomic mass is 9.86. The number of nitriles is 1. The Labute approximate surface area is 92.5 Å². The summed E-state index contributed by atoms with van der Waals surface area (Å²) in [5.41, 5.74) is 0.369. The molecule has 4 nitrogen and oxygen atoms in total. The first-order valence-corrected chi connectivity index (χ1v) is 5.30. The normalized spacial score (nSPS) is 10.8. The van der Waals surface area contributed by atoms with E-state index in [1.54, 1.807) is 0 Å². The monoisotopic (exact) mass is 224 g/mol. The second-order valence-electron chi connectivity index (χ2n) is 3.79. The van der Waals surface area contributed by atoms with Crippen LogP contribution < -0.4 is 0 Å². The zero-order chi connectivity index (χ0) is 11.5. The second-order valence-corrected chi connectivity index (χ2v) is 4.64. The molecular formula is C10H12N2O2S. The molecule has 0 saturated heterocycles. The van der Waals surface area contributed by atoms with E-state index in [4.69, 9.17) is 5.26 Å². The fraction of sp³-hybridized carbons (Fsp3) is 0.500. The molecule has 5 heteroatoms. The van der Waals surface area contributed by atoms with Crippen molar-refractivity contribution in [2.24, 2.45) is 0 Å². The molecule has 15 heavy (non-hydrogen) atoms. The Bertz CT molecular complexity index is 404. The van der Waals surface area contributed by atoms with Gasteiger partial charge in [0.2, 0.25) is 0 Å². The van der Waals surface area contributed by atoms with Gasteiger partial charge in [-0.2, -0.15) is 5.26 Å². The number of thiazole rings is 1. The molecule has 80 valence electrons. The van der Waals surface area contributed by atoms with Crippen LogP contribution >= 0.6 is 11.3 Å². The van der Waals surface area contributed by atoms with E-state index in [-0.39, 0.29) is 12.4 Å². The standard InChI is InChI=1S/C10H12N2O2S/c1-10(2,4-9(13)14-3)7-6-15-8(5-11)12-7/h6H,4H2,1-3H3. The Balaban J connectivity index is 2.86. The first-order chi connectivity index (χ1) is 6.99. The number of esters is 1. The van der Waals surface area contributed by atoms with Gasteiger partial charge in [0.1, 0.15) is 6.07 Å². The quantitative estimate of drug-likeness (QED) is 0.735. The predicted octanol–water partition coefficient (Wildman–Crippen LogP) is 1.86. The van der Waals surface area contributed by atoms with Gasteiger partial charge in [-0.25, -0.2) is 4.98 Å². The summed E-state index contributed by atoms with van der Waals surface area (Å²) in [6.07, 6.45) is 0.262. The van der Waals surface area contributed by atoms with Crippen LogP contribution in [-0.4, -0.2) is 18.1 Å². The number of ether oxygens (including phenoxy) is 1. The fourth-order valence-electron chi connectivity index (χ4n) is 1.16. The Hall–Kier alpha value is -1.41. The highest BCUT2D eigenvalue weighted by Crippen LogP contribution is 2.28. The van der Waals surface area contributed by atoms with Crippen molar-refractivity contribution in [1.29, 1.82) is 5.26 Å². The first kappa shape index (κ1) is 11.7. The molecule has 0 aliphatic rings. The molecule has 0 bridgehead atoms. The Morgan fingerprint density at radius 2 is 2.40 bits per heavy atom.